The molecule has 0 unspecified atom stereocenters. The fourth-order valence-corrected chi connectivity index (χ4v) is 1.30. The van der Waals surface area contributed by atoms with E-state index in [1.165, 1.54) is 0 Å². The van der Waals surface area contributed by atoms with Crippen molar-refractivity contribution in [2.24, 2.45) is 0 Å². The van der Waals surface area contributed by atoms with Crippen LogP contribution in [0.1, 0.15) is 16.9 Å². The molecule has 0 aliphatic rings. The molecule has 14 heavy (non-hydrogen) atoms. The van der Waals surface area contributed by atoms with Gasteiger partial charge in [0.2, 0.25) is 0 Å². The number of hydrogen-bond acceptors (Lipinski definition) is 3. The Hall–Kier alpha value is -1.41. The maximum Gasteiger partial charge on any atom is 0.271 e. The zero-order valence-corrected chi connectivity index (χ0v) is 8.91. The first-order valence-electron chi connectivity index (χ1n) is 4.01. The highest BCUT2D eigenvalue weighted by atomic mass is 79.9. The van der Waals surface area contributed by atoms with Gasteiger partial charge in [-0.25, -0.2) is 4.98 Å². The monoisotopic (exact) mass is 253 g/mol. The number of nitrogens with one attached hydrogen (secondary N) is 1. The summed E-state index contributed by atoms with van der Waals surface area (Å²) in [6, 6.07) is 5.42. The summed E-state index contributed by atoms with van der Waals surface area (Å²) in [4.78, 5) is 15.3. The van der Waals surface area contributed by atoms with Crippen molar-refractivity contribution in [2.45, 2.75) is 6.42 Å². The van der Waals surface area contributed by atoms with E-state index in [0.717, 1.165) is 0 Å². The first kappa shape index (κ1) is 10.7. The van der Waals surface area contributed by atoms with Gasteiger partial charge in [0.25, 0.3) is 5.91 Å². The lowest BCUT2D eigenvalue weighted by atomic mass is 10.3. The average Bonchev–Trinajstić information content (AvgIpc) is 2.18. The smallest absolute Gasteiger partial charge is 0.271 e. The van der Waals surface area contributed by atoms with Gasteiger partial charge < -0.3 is 5.32 Å². The summed E-state index contributed by atoms with van der Waals surface area (Å²) in [5.74, 6) is -0.271. The number of carbonyl (C=O) groups excluding carboxylic acids is 1. The zero-order chi connectivity index (χ0) is 10.4. The van der Waals surface area contributed by atoms with E-state index >= 15 is 0 Å². The second-order valence-electron chi connectivity index (χ2n) is 2.50. The number of halogens is 1. The molecule has 1 aromatic heterocycles. The molecule has 0 atom stereocenters. The Bertz CT molecular complexity index is 373. The fraction of sp³-hybridized carbons (Fsp3) is 0.222. The van der Waals surface area contributed by atoms with E-state index in [4.69, 9.17) is 5.26 Å². The summed E-state index contributed by atoms with van der Waals surface area (Å²) >= 11 is 3.22. The minimum atomic E-state index is -0.271. The van der Waals surface area contributed by atoms with Crippen molar-refractivity contribution in [2.75, 3.05) is 6.54 Å². The molecule has 0 fully saturated rings. The molecule has 5 heteroatoms. The first-order chi connectivity index (χ1) is 6.75. The summed E-state index contributed by atoms with van der Waals surface area (Å²) in [5.41, 5.74) is 0.338. The van der Waals surface area contributed by atoms with Gasteiger partial charge in [-0.15, -0.1) is 0 Å². The maximum atomic E-state index is 11.4. The molecular formula is C9H8BrN3O. The lowest BCUT2D eigenvalue weighted by molar-refractivity contribution is 0.0948. The van der Waals surface area contributed by atoms with Crippen LogP contribution in [0.25, 0.3) is 0 Å². The summed E-state index contributed by atoms with van der Waals surface area (Å²) in [7, 11) is 0. The van der Waals surface area contributed by atoms with E-state index in [0.29, 0.717) is 23.1 Å². The van der Waals surface area contributed by atoms with E-state index in [-0.39, 0.29) is 5.91 Å². The first-order valence-corrected chi connectivity index (χ1v) is 4.80. The Labute approximate surface area is 90.1 Å². The molecular weight excluding hydrogens is 246 g/mol. The number of pyridine rings is 1. The van der Waals surface area contributed by atoms with Crippen molar-refractivity contribution < 1.29 is 4.79 Å². The summed E-state index contributed by atoms with van der Waals surface area (Å²) < 4.78 is 0.648. The lowest BCUT2D eigenvalue weighted by Crippen LogP contribution is -2.25. The van der Waals surface area contributed by atoms with E-state index in [9.17, 15) is 4.79 Å². The van der Waals surface area contributed by atoms with Crippen LogP contribution in [-0.4, -0.2) is 17.4 Å². The van der Waals surface area contributed by atoms with Crippen LogP contribution in [-0.2, 0) is 0 Å². The largest absolute Gasteiger partial charge is 0.350 e. The molecule has 0 aromatic carbocycles. The molecule has 1 aromatic rings. The molecule has 72 valence electrons. The molecule has 0 aliphatic carbocycles. The van der Waals surface area contributed by atoms with Gasteiger partial charge in [-0.1, -0.05) is 0 Å². The quantitative estimate of drug-likeness (QED) is 0.831. The summed E-state index contributed by atoms with van der Waals surface area (Å²) in [5, 5.41) is 10.9. The number of carbonyl (C=O) groups is 1. The molecule has 1 heterocycles. The van der Waals surface area contributed by atoms with E-state index in [1.54, 1.807) is 18.3 Å². The van der Waals surface area contributed by atoms with Crippen molar-refractivity contribution in [1.29, 1.82) is 5.26 Å². The third-order valence-electron chi connectivity index (χ3n) is 1.50. The number of rotatable bonds is 3. The molecule has 0 spiro atoms. The Morgan fingerprint density at radius 1 is 1.71 bits per heavy atom. The van der Waals surface area contributed by atoms with Gasteiger partial charge in [-0.3, -0.25) is 4.79 Å². The topological polar surface area (TPSA) is 65.8 Å². The van der Waals surface area contributed by atoms with Crippen LogP contribution in [0.4, 0.5) is 0 Å². The molecule has 1 N–H and O–H groups in total. The highest BCUT2D eigenvalue weighted by Gasteiger charge is 2.09. The SMILES string of the molecule is N#CCCNC(=O)c1ncccc1Br. The van der Waals surface area contributed by atoms with Gasteiger partial charge in [0.1, 0.15) is 5.69 Å². The van der Waals surface area contributed by atoms with E-state index < -0.39 is 0 Å². The fourth-order valence-electron chi connectivity index (χ4n) is 0.868. The molecule has 0 bridgehead atoms. The average molecular weight is 254 g/mol. The summed E-state index contributed by atoms with van der Waals surface area (Å²) in [6.07, 6.45) is 1.85. The molecule has 0 radical (unpaired) electrons. The Kier molecular flexibility index (Phi) is 4.08. The lowest BCUT2D eigenvalue weighted by Gasteiger charge is -2.02. The van der Waals surface area contributed by atoms with Gasteiger partial charge in [0.05, 0.1) is 12.5 Å². The van der Waals surface area contributed by atoms with Crippen LogP contribution < -0.4 is 5.32 Å². The minimum Gasteiger partial charge on any atom is -0.350 e. The molecule has 1 rings (SSSR count). The Morgan fingerprint density at radius 2 is 2.50 bits per heavy atom. The predicted molar refractivity (Wildman–Crippen MR) is 54.5 cm³/mol. The highest BCUT2D eigenvalue weighted by molar-refractivity contribution is 9.10. The van der Waals surface area contributed by atoms with Crippen LogP contribution in [0.5, 0.6) is 0 Å². The second kappa shape index (κ2) is 5.35. The number of aromatic nitrogens is 1. The molecule has 1 amide bonds. The molecule has 0 aliphatic heterocycles. The molecule has 4 nitrogen and oxygen atoms in total. The standard InChI is InChI=1S/C9H8BrN3O/c10-7-3-1-5-12-8(7)9(14)13-6-2-4-11/h1,3,5H,2,6H2,(H,13,14). The number of amides is 1. The minimum absolute atomic E-state index is 0.271. The van der Waals surface area contributed by atoms with Crippen LogP contribution >= 0.6 is 15.9 Å². The van der Waals surface area contributed by atoms with Crippen molar-refractivity contribution in [1.82, 2.24) is 10.3 Å². The van der Waals surface area contributed by atoms with Crippen LogP contribution in [0.15, 0.2) is 22.8 Å². The van der Waals surface area contributed by atoms with Gasteiger partial charge in [-0.2, -0.15) is 5.26 Å². The second-order valence-corrected chi connectivity index (χ2v) is 3.35. The van der Waals surface area contributed by atoms with Crippen molar-refractivity contribution in [3.05, 3.63) is 28.5 Å². The number of hydrogen-bond donors (Lipinski definition) is 1. The van der Waals surface area contributed by atoms with E-state index in [2.05, 4.69) is 26.2 Å². The third kappa shape index (κ3) is 2.82. The molecule has 0 saturated carbocycles. The van der Waals surface area contributed by atoms with Crippen LogP contribution in [0.3, 0.4) is 0 Å². The van der Waals surface area contributed by atoms with Gasteiger partial charge >= 0.3 is 0 Å². The highest BCUT2D eigenvalue weighted by Crippen LogP contribution is 2.12. The van der Waals surface area contributed by atoms with Crippen molar-refractivity contribution in [3.63, 3.8) is 0 Å². The van der Waals surface area contributed by atoms with Crippen LogP contribution in [0, 0.1) is 11.3 Å². The molecule has 0 saturated heterocycles. The zero-order valence-electron chi connectivity index (χ0n) is 7.33. The number of nitrogens with zero attached hydrogens (tertiary/aromatic N) is 2. The van der Waals surface area contributed by atoms with Gasteiger partial charge in [-0.05, 0) is 28.1 Å². The normalized spacial score (nSPS) is 9.14. The summed E-state index contributed by atoms with van der Waals surface area (Å²) in [6.45, 7) is 0.346. The third-order valence-corrected chi connectivity index (χ3v) is 2.14. The maximum absolute atomic E-state index is 11.4. The van der Waals surface area contributed by atoms with Crippen molar-refractivity contribution >= 4 is 21.8 Å². The van der Waals surface area contributed by atoms with Crippen LogP contribution in [0.2, 0.25) is 0 Å². The Morgan fingerprint density at radius 3 is 3.14 bits per heavy atom. The predicted octanol–water partition coefficient (Wildman–Crippen LogP) is 1.49. The van der Waals surface area contributed by atoms with Gasteiger partial charge in [0.15, 0.2) is 0 Å². The van der Waals surface area contributed by atoms with Crippen molar-refractivity contribution in [3.8, 4) is 6.07 Å². The Balaban J connectivity index is 2.62. The van der Waals surface area contributed by atoms with Gasteiger partial charge in [0, 0.05) is 17.2 Å². The number of nitriles is 1. The van der Waals surface area contributed by atoms with E-state index in [1.807, 2.05) is 6.07 Å².